The number of rotatable bonds is 6. The molecule has 1 aliphatic rings. The highest BCUT2D eigenvalue weighted by atomic mass is 35.5. The molecular formula is C19H20ClNO2S2. The summed E-state index contributed by atoms with van der Waals surface area (Å²) in [5.74, 6) is 2.98. The lowest BCUT2D eigenvalue weighted by Gasteiger charge is -2.15. The van der Waals surface area contributed by atoms with Crippen LogP contribution in [0.1, 0.15) is 28.7 Å². The predicted octanol–water partition coefficient (Wildman–Crippen LogP) is 5.07. The lowest BCUT2D eigenvalue weighted by molar-refractivity contribution is -0.123. The first-order valence-electron chi connectivity index (χ1n) is 8.12. The van der Waals surface area contributed by atoms with Crippen LogP contribution in [-0.2, 0) is 4.79 Å². The van der Waals surface area contributed by atoms with Gasteiger partial charge >= 0.3 is 0 Å². The van der Waals surface area contributed by atoms with E-state index in [9.17, 15) is 4.79 Å². The number of thioether (sulfide) groups is 2. The molecule has 6 heteroatoms. The summed E-state index contributed by atoms with van der Waals surface area (Å²) >= 11 is 9.83. The first-order valence-corrected chi connectivity index (χ1v) is 10.6. The fraction of sp³-hybridized carbons (Fsp3) is 0.316. The van der Waals surface area contributed by atoms with E-state index >= 15 is 0 Å². The molecule has 1 fully saturated rings. The molecule has 0 bridgehead atoms. The molecule has 1 atom stereocenters. The SMILES string of the molecule is C[C@@H](NC(=O)COc1ccc(C2SCCS2)cc1)c1ccc(Cl)cc1. The smallest absolute Gasteiger partial charge is 0.258 e. The molecule has 0 aliphatic carbocycles. The Morgan fingerprint density at radius 3 is 2.44 bits per heavy atom. The van der Waals surface area contributed by atoms with Crippen LogP contribution in [0, 0.1) is 0 Å². The molecule has 0 radical (unpaired) electrons. The predicted molar refractivity (Wildman–Crippen MR) is 108 cm³/mol. The van der Waals surface area contributed by atoms with Gasteiger partial charge in [-0.05, 0) is 42.3 Å². The molecule has 3 nitrogen and oxygen atoms in total. The molecule has 1 amide bonds. The number of halogens is 1. The van der Waals surface area contributed by atoms with Crippen LogP contribution in [-0.4, -0.2) is 24.0 Å². The number of benzene rings is 2. The molecule has 0 saturated carbocycles. The van der Waals surface area contributed by atoms with Crippen molar-refractivity contribution < 1.29 is 9.53 Å². The summed E-state index contributed by atoms with van der Waals surface area (Å²) in [6, 6.07) is 15.4. The standard InChI is InChI=1S/C19H20ClNO2S2/c1-13(14-2-6-16(20)7-3-14)21-18(22)12-23-17-8-4-15(5-9-17)19-24-10-11-25-19/h2-9,13,19H,10-12H2,1H3,(H,21,22)/t13-/m1/s1. The van der Waals surface area contributed by atoms with Gasteiger partial charge in [0.1, 0.15) is 5.75 Å². The largest absolute Gasteiger partial charge is 0.484 e. The Morgan fingerprint density at radius 2 is 1.80 bits per heavy atom. The van der Waals surface area contributed by atoms with E-state index in [1.165, 1.54) is 17.1 Å². The van der Waals surface area contributed by atoms with Crippen LogP contribution in [0.15, 0.2) is 48.5 Å². The summed E-state index contributed by atoms with van der Waals surface area (Å²) in [6.45, 7) is 1.94. The second-order valence-electron chi connectivity index (χ2n) is 5.77. The molecular weight excluding hydrogens is 374 g/mol. The van der Waals surface area contributed by atoms with Gasteiger partial charge in [0.2, 0.25) is 0 Å². The van der Waals surface area contributed by atoms with E-state index in [1.54, 1.807) is 0 Å². The molecule has 1 heterocycles. The third kappa shape index (κ3) is 5.33. The van der Waals surface area contributed by atoms with Crippen LogP contribution in [0.4, 0.5) is 0 Å². The van der Waals surface area contributed by atoms with Crippen LogP contribution in [0.3, 0.4) is 0 Å². The Morgan fingerprint density at radius 1 is 1.16 bits per heavy atom. The maximum Gasteiger partial charge on any atom is 0.258 e. The first kappa shape index (κ1) is 18.5. The van der Waals surface area contributed by atoms with Gasteiger partial charge in [-0.25, -0.2) is 0 Å². The Kier molecular flexibility index (Phi) is 6.57. The summed E-state index contributed by atoms with van der Waals surface area (Å²) in [5, 5.41) is 3.61. The molecule has 1 N–H and O–H groups in total. The molecule has 132 valence electrons. The van der Waals surface area contributed by atoms with Crippen LogP contribution in [0.5, 0.6) is 5.75 Å². The van der Waals surface area contributed by atoms with Gasteiger partial charge in [-0.2, -0.15) is 0 Å². The molecule has 0 spiro atoms. The summed E-state index contributed by atoms with van der Waals surface area (Å²) in [4.78, 5) is 12.1. The van der Waals surface area contributed by atoms with Gasteiger partial charge < -0.3 is 10.1 Å². The van der Waals surface area contributed by atoms with E-state index in [2.05, 4.69) is 17.4 Å². The first-order chi connectivity index (χ1) is 12.1. The molecule has 1 aliphatic heterocycles. The minimum Gasteiger partial charge on any atom is -0.484 e. The van der Waals surface area contributed by atoms with Crippen molar-refractivity contribution in [2.45, 2.75) is 17.5 Å². The zero-order valence-electron chi connectivity index (χ0n) is 13.9. The highest BCUT2D eigenvalue weighted by Crippen LogP contribution is 2.45. The average molecular weight is 394 g/mol. The van der Waals surface area contributed by atoms with Crippen molar-refractivity contribution in [3.8, 4) is 5.75 Å². The van der Waals surface area contributed by atoms with Crippen molar-refractivity contribution in [2.24, 2.45) is 0 Å². The van der Waals surface area contributed by atoms with Crippen molar-refractivity contribution >= 4 is 41.0 Å². The third-order valence-electron chi connectivity index (χ3n) is 3.89. The second kappa shape index (κ2) is 8.88. The summed E-state index contributed by atoms with van der Waals surface area (Å²) < 4.78 is 6.12. The van der Waals surface area contributed by atoms with E-state index in [0.717, 1.165) is 5.56 Å². The highest BCUT2D eigenvalue weighted by Gasteiger charge is 2.18. The Bertz CT molecular complexity index is 700. The third-order valence-corrected chi connectivity index (χ3v) is 7.25. The highest BCUT2D eigenvalue weighted by molar-refractivity contribution is 8.19. The molecule has 2 aromatic rings. The van der Waals surface area contributed by atoms with Crippen molar-refractivity contribution in [3.05, 3.63) is 64.7 Å². The molecule has 25 heavy (non-hydrogen) atoms. The fourth-order valence-electron chi connectivity index (χ4n) is 2.54. The lowest BCUT2D eigenvalue weighted by atomic mass is 10.1. The average Bonchev–Trinajstić information content (AvgIpc) is 3.15. The van der Waals surface area contributed by atoms with Gasteiger partial charge in [-0.3, -0.25) is 4.79 Å². The van der Waals surface area contributed by atoms with Gasteiger partial charge in [-0.15, -0.1) is 23.5 Å². The van der Waals surface area contributed by atoms with Crippen molar-refractivity contribution in [1.82, 2.24) is 5.32 Å². The summed E-state index contributed by atoms with van der Waals surface area (Å²) in [5.41, 5.74) is 2.31. The molecule has 1 saturated heterocycles. The van der Waals surface area contributed by atoms with Crippen molar-refractivity contribution in [1.29, 1.82) is 0 Å². The number of hydrogen-bond donors (Lipinski definition) is 1. The quantitative estimate of drug-likeness (QED) is 0.743. The van der Waals surface area contributed by atoms with E-state index in [4.69, 9.17) is 16.3 Å². The van der Waals surface area contributed by atoms with Gasteiger partial charge in [0, 0.05) is 16.5 Å². The maximum atomic E-state index is 12.1. The molecule has 0 unspecified atom stereocenters. The van der Waals surface area contributed by atoms with Crippen LogP contribution in [0.25, 0.3) is 0 Å². The van der Waals surface area contributed by atoms with Gasteiger partial charge in [0.15, 0.2) is 6.61 Å². The van der Waals surface area contributed by atoms with Crippen LogP contribution < -0.4 is 10.1 Å². The number of carbonyl (C=O) groups is 1. The Balaban J connectivity index is 1.47. The zero-order chi connectivity index (χ0) is 17.6. The molecule has 3 rings (SSSR count). The molecule has 0 aromatic heterocycles. The second-order valence-corrected chi connectivity index (χ2v) is 8.93. The van der Waals surface area contributed by atoms with Gasteiger partial charge in [-0.1, -0.05) is 35.9 Å². The number of amides is 1. The van der Waals surface area contributed by atoms with Crippen LogP contribution in [0.2, 0.25) is 5.02 Å². The van der Waals surface area contributed by atoms with E-state index in [0.29, 0.717) is 15.4 Å². The normalized spacial score (nSPS) is 15.8. The minimum atomic E-state index is -0.145. The van der Waals surface area contributed by atoms with Crippen molar-refractivity contribution in [2.75, 3.05) is 18.1 Å². The maximum absolute atomic E-state index is 12.1. The minimum absolute atomic E-state index is 0.00417. The van der Waals surface area contributed by atoms with Crippen LogP contribution >= 0.6 is 35.1 Å². The topological polar surface area (TPSA) is 38.3 Å². The zero-order valence-corrected chi connectivity index (χ0v) is 16.3. The number of hydrogen-bond acceptors (Lipinski definition) is 4. The Labute approximate surface area is 161 Å². The summed E-state index contributed by atoms with van der Waals surface area (Å²) in [7, 11) is 0. The monoisotopic (exact) mass is 393 g/mol. The number of carbonyl (C=O) groups excluding carboxylic acids is 1. The van der Waals surface area contributed by atoms with Gasteiger partial charge in [0.25, 0.3) is 5.91 Å². The van der Waals surface area contributed by atoms with Crippen molar-refractivity contribution in [3.63, 3.8) is 0 Å². The molecule has 2 aromatic carbocycles. The van der Waals surface area contributed by atoms with Gasteiger partial charge in [0.05, 0.1) is 10.6 Å². The number of nitrogens with one attached hydrogen (secondary N) is 1. The fourth-order valence-corrected chi connectivity index (χ4v) is 5.52. The van der Waals surface area contributed by atoms with E-state index in [-0.39, 0.29) is 18.6 Å². The summed E-state index contributed by atoms with van der Waals surface area (Å²) in [6.07, 6.45) is 0. The number of ether oxygens (including phenoxy) is 1. The lowest BCUT2D eigenvalue weighted by Crippen LogP contribution is -2.31. The van der Waals surface area contributed by atoms with E-state index in [1.807, 2.05) is 66.8 Å². The Hall–Kier alpha value is -1.30. The van der Waals surface area contributed by atoms with E-state index < -0.39 is 0 Å².